The minimum Gasteiger partial charge on any atom is -0.363 e. The number of carbonyl (C=O) groups excluding carboxylic acids is 3. The molecular weight excluding hydrogens is 516 g/mol. The minimum absolute atomic E-state index is 0.101. The average molecular weight is 565 g/mol. The van der Waals surface area contributed by atoms with Crippen molar-refractivity contribution in [1.82, 2.24) is 20.9 Å². The summed E-state index contributed by atoms with van der Waals surface area (Å²) in [5.74, 6) is -2.04. The largest absolute Gasteiger partial charge is 0.363 e. The van der Waals surface area contributed by atoms with Gasteiger partial charge >= 0.3 is 0 Å². The monoisotopic (exact) mass is 564 g/mol. The van der Waals surface area contributed by atoms with Gasteiger partial charge in [0.2, 0.25) is 11.6 Å². The maximum Gasteiger partial charge on any atom is 0.273 e. The first kappa shape index (κ1) is 35.2. The molecule has 1 atom stereocenters. The predicted molar refractivity (Wildman–Crippen MR) is 166 cm³/mol. The van der Waals surface area contributed by atoms with Crippen molar-refractivity contribution >= 4 is 17.7 Å². The Labute approximate surface area is 245 Å². The highest BCUT2D eigenvalue weighted by Gasteiger charge is 2.41. The van der Waals surface area contributed by atoms with Crippen LogP contribution in [0.25, 0.3) is 0 Å². The zero-order valence-corrected chi connectivity index (χ0v) is 24.9. The van der Waals surface area contributed by atoms with Gasteiger partial charge in [0.1, 0.15) is 0 Å². The van der Waals surface area contributed by atoms with E-state index in [-0.39, 0.29) is 24.6 Å². The molecule has 8 nitrogen and oxygen atoms in total. The van der Waals surface area contributed by atoms with Crippen molar-refractivity contribution < 1.29 is 19.5 Å². The lowest BCUT2D eigenvalue weighted by Gasteiger charge is -2.31. The lowest BCUT2D eigenvalue weighted by atomic mass is 9.98. The number of rotatable bonds is 20. The summed E-state index contributed by atoms with van der Waals surface area (Å²) in [6.45, 7) is 5.73. The summed E-state index contributed by atoms with van der Waals surface area (Å²) in [6.07, 6.45) is 31.2. The van der Waals surface area contributed by atoms with Gasteiger partial charge in [-0.3, -0.25) is 19.4 Å². The standard InChI is InChI=1S/C33H48N4O4/c1-4-5-6-7-8-9-10-11-12-13-14-15-16-17-18-19-20-23-30(38)35-25-26-36-32(40)33(41,28(2)3)37-31(39)29-22-21-24-34-27-29/h5-6,8-9,11-12,14-15,17-18,21-22,24,27-28,41H,4,7,10,13,16,19-20,23,25-26H2,1-3H3,(H,35,38)(H,36,40)(H,37,39)/b6-5-,9-8-,12-11-,15-14-,18-17-/t33-/m0/s1. The van der Waals surface area contributed by atoms with E-state index >= 15 is 0 Å². The molecule has 4 N–H and O–H groups in total. The molecule has 0 radical (unpaired) electrons. The minimum atomic E-state index is -2.10. The van der Waals surface area contributed by atoms with Gasteiger partial charge in [-0.25, -0.2) is 0 Å². The number of aromatic nitrogens is 1. The predicted octanol–water partition coefficient (Wildman–Crippen LogP) is 5.31. The van der Waals surface area contributed by atoms with E-state index in [4.69, 9.17) is 0 Å². The first-order valence-corrected chi connectivity index (χ1v) is 14.6. The Hall–Kier alpha value is -3.78. The Morgan fingerprint density at radius 3 is 1.98 bits per heavy atom. The number of allylic oxidation sites excluding steroid dienone is 10. The van der Waals surface area contributed by atoms with Crippen LogP contribution in [0.4, 0.5) is 0 Å². The van der Waals surface area contributed by atoms with Crippen molar-refractivity contribution in [2.24, 2.45) is 5.92 Å². The highest BCUT2D eigenvalue weighted by Crippen LogP contribution is 2.15. The molecule has 0 aliphatic heterocycles. The van der Waals surface area contributed by atoms with Gasteiger partial charge in [-0.2, -0.15) is 0 Å². The van der Waals surface area contributed by atoms with E-state index in [1.165, 1.54) is 18.5 Å². The van der Waals surface area contributed by atoms with Crippen LogP contribution in [-0.2, 0) is 9.59 Å². The quantitative estimate of drug-likeness (QED) is 0.0972. The molecule has 0 bridgehead atoms. The SMILES string of the molecule is CC/C=C\C/C=C\C/C=C\C/C=C\C/C=C\CCCC(=O)NCCNC(=O)[C@](O)(NC(=O)c1cccnc1)C(C)C. The van der Waals surface area contributed by atoms with Crippen LogP contribution in [0.1, 0.15) is 82.5 Å². The zero-order valence-electron chi connectivity index (χ0n) is 24.9. The molecule has 0 aromatic carbocycles. The normalized spacial score (nSPS) is 13.6. The van der Waals surface area contributed by atoms with Crippen LogP contribution in [0.2, 0.25) is 0 Å². The van der Waals surface area contributed by atoms with Crippen LogP contribution < -0.4 is 16.0 Å². The summed E-state index contributed by atoms with van der Waals surface area (Å²) in [6, 6.07) is 3.13. The lowest BCUT2D eigenvalue weighted by molar-refractivity contribution is -0.147. The average Bonchev–Trinajstić information content (AvgIpc) is 2.97. The third-order valence-electron chi connectivity index (χ3n) is 6.07. The maximum atomic E-state index is 12.6. The summed E-state index contributed by atoms with van der Waals surface area (Å²) >= 11 is 0. The molecular formula is C33H48N4O4. The van der Waals surface area contributed by atoms with Gasteiger partial charge in [-0.15, -0.1) is 0 Å². The van der Waals surface area contributed by atoms with Crippen LogP contribution in [0.15, 0.2) is 85.3 Å². The fourth-order valence-electron chi connectivity index (χ4n) is 3.56. The Morgan fingerprint density at radius 2 is 1.44 bits per heavy atom. The molecule has 1 heterocycles. The van der Waals surface area contributed by atoms with Crippen molar-refractivity contribution in [3.63, 3.8) is 0 Å². The van der Waals surface area contributed by atoms with Gasteiger partial charge in [-0.1, -0.05) is 81.5 Å². The number of hydrogen-bond donors (Lipinski definition) is 4. The van der Waals surface area contributed by atoms with Crippen LogP contribution in [0.5, 0.6) is 0 Å². The first-order valence-electron chi connectivity index (χ1n) is 14.6. The lowest BCUT2D eigenvalue weighted by Crippen LogP contribution is -2.62. The van der Waals surface area contributed by atoms with Gasteiger partial charge in [0.05, 0.1) is 5.56 Å². The molecule has 1 rings (SSSR count). The Bertz CT molecular complexity index is 1040. The van der Waals surface area contributed by atoms with E-state index in [0.717, 1.165) is 44.9 Å². The van der Waals surface area contributed by atoms with E-state index in [9.17, 15) is 19.5 Å². The number of nitrogens with one attached hydrogen (secondary N) is 3. The maximum absolute atomic E-state index is 12.6. The first-order chi connectivity index (χ1) is 19.8. The third kappa shape index (κ3) is 16.2. The molecule has 41 heavy (non-hydrogen) atoms. The fourth-order valence-corrected chi connectivity index (χ4v) is 3.56. The smallest absolute Gasteiger partial charge is 0.273 e. The van der Waals surface area contributed by atoms with Gasteiger partial charge in [-0.05, 0) is 57.1 Å². The Balaban J connectivity index is 2.17. The van der Waals surface area contributed by atoms with Crippen molar-refractivity contribution in [2.45, 2.75) is 77.9 Å². The molecule has 0 aliphatic carbocycles. The summed E-state index contributed by atoms with van der Waals surface area (Å²) in [5.41, 5.74) is -1.87. The number of unbranched alkanes of at least 4 members (excludes halogenated alkanes) is 1. The molecule has 0 spiro atoms. The fraction of sp³-hybridized carbons (Fsp3) is 0.455. The van der Waals surface area contributed by atoms with Gasteiger partial charge in [0, 0.05) is 37.8 Å². The number of carbonyl (C=O) groups is 3. The van der Waals surface area contributed by atoms with Crippen molar-refractivity contribution in [1.29, 1.82) is 0 Å². The summed E-state index contributed by atoms with van der Waals surface area (Å²) in [7, 11) is 0. The van der Waals surface area contributed by atoms with E-state index in [2.05, 4.69) is 88.6 Å². The second kappa shape index (κ2) is 22.0. The molecule has 0 aliphatic rings. The summed E-state index contributed by atoms with van der Waals surface area (Å²) in [4.78, 5) is 41.0. The third-order valence-corrected chi connectivity index (χ3v) is 6.07. The van der Waals surface area contributed by atoms with Gasteiger partial charge in [0.25, 0.3) is 11.8 Å². The molecule has 0 unspecified atom stereocenters. The van der Waals surface area contributed by atoms with E-state index in [1.807, 2.05) is 0 Å². The molecule has 1 aromatic heterocycles. The van der Waals surface area contributed by atoms with Crippen LogP contribution in [0, 0.1) is 5.92 Å². The molecule has 0 fully saturated rings. The zero-order chi connectivity index (χ0) is 30.2. The van der Waals surface area contributed by atoms with Gasteiger partial charge < -0.3 is 21.1 Å². The van der Waals surface area contributed by atoms with Crippen molar-refractivity contribution in [2.75, 3.05) is 13.1 Å². The van der Waals surface area contributed by atoms with Crippen LogP contribution >= 0.6 is 0 Å². The van der Waals surface area contributed by atoms with Crippen molar-refractivity contribution in [3.05, 3.63) is 90.9 Å². The second-order valence-corrected chi connectivity index (χ2v) is 9.82. The number of pyridine rings is 1. The molecule has 0 saturated carbocycles. The van der Waals surface area contributed by atoms with E-state index in [1.54, 1.807) is 19.9 Å². The number of nitrogens with zero attached hydrogens (tertiary/aromatic N) is 1. The highest BCUT2D eigenvalue weighted by atomic mass is 16.3. The van der Waals surface area contributed by atoms with Gasteiger partial charge in [0.15, 0.2) is 0 Å². The summed E-state index contributed by atoms with van der Waals surface area (Å²) in [5, 5.41) is 18.6. The number of amides is 3. The second-order valence-electron chi connectivity index (χ2n) is 9.82. The molecule has 224 valence electrons. The van der Waals surface area contributed by atoms with Crippen LogP contribution in [0.3, 0.4) is 0 Å². The molecule has 8 heteroatoms. The van der Waals surface area contributed by atoms with Crippen LogP contribution in [-0.4, -0.2) is 46.6 Å². The van der Waals surface area contributed by atoms with E-state index < -0.39 is 23.5 Å². The summed E-state index contributed by atoms with van der Waals surface area (Å²) < 4.78 is 0. The number of aliphatic hydroxyl groups is 1. The Morgan fingerprint density at radius 1 is 0.878 bits per heavy atom. The molecule has 3 amide bonds. The Kier molecular flexibility index (Phi) is 18.9. The highest BCUT2D eigenvalue weighted by molar-refractivity contribution is 5.98. The van der Waals surface area contributed by atoms with Crippen molar-refractivity contribution in [3.8, 4) is 0 Å². The number of hydrogen-bond acceptors (Lipinski definition) is 5. The topological polar surface area (TPSA) is 120 Å². The molecule has 1 aromatic rings. The molecule has 0 saturated heterocycles. The van der Waals surface area contributed by atoms with E-state index in [0.29, 0.717) is 6.42 Å².